The Morgan fingerprint density at radius 1 is 1.57 bits per heavy atom. The van der Waals surface area contributed by atoms with Crippen LogP contribution in [0.15, 0.2) is 16.4 Å². The Labute approximate surface area is 77.3 Å². The van der Waals surface area contributed by atoms with Crippen LogP contribution >= 0.6 is 0 Å². The molecule has 0 unspecified atom stereocenters. The fourth-order valence-corrected chi connectivity index (χ4v) is 1.14. The van der Waals surface area contributed by atoms with Crippen molar-refractivity contribution in [2.75, 3.05) is 0 Å². The van der Waals surface area contributed by atoms with Gasteiger partial charge in [0.1, 0.15) is 0 Å². The predicted molar refractivity (Wildman–Crippen MR) is 42.4 cm³/mol. The molecular weight excluding hydrogens is 201 g/mol. The van der Waals surface area contributed by atoms with Crippen LogP contribution in [0, 0.1) is 10.1 Å². The SMILES string of the molecule is CCC1=C([N+](=O)[O-])N=C(C(F)(F)F)C1. The zero-order chi connectivity index (χ0) is 10.9. The largest absolute Gasteiger partial charge is 0.454 e. The standard InChI is InChI=1S/C7H7F3N2O2/c1-2-4-3-5(7(8,9)10)11-6(4)12(13)14/h2-3H2,1H3. The van der Waals surface area contributed by atoms with Gasteiger partial charge in [0.25, 0.3) is 0 Å². The summed E-state index contributed by atoms with van der Waals surface area (Å²) >= 11 is 0. The minimum Gasteiger partial charge on any atom is -0.358 e. The van der Waals surface area contributed by atoms with Gasteiger partial charge in [-0.1, -0.05) is 6.92 Å². The number of hydrogen-bond donors (Lipinski definition) is 0. The van der Waals surface area contributed by atoms with Crippen LogP contribution in [0.2, 0.25) is 0 Å². The highest BCUT2D eigenvalue weighted by Crippen LogP contribution is 2.31. The summed E-state index contributed by atoms with van der Waals surface area (Å²) in [5.74, 6) is -0.653. The smallest absolute Gasteiger partial charge is 0.358 e. The molecule has 0 saturated carbocycles. The number of nitro groups is 1. The van der Waals surface area contributed by atoms with E-state index in [4.69, 9.17) is 0 Å². The van der Waals surface area contributed by atoms with E-state index >= 15 is 0 Å². The van der Waals surface area contributed by atoms with Gasteiger partial charge in [0, 0.05) is 12.0 Å². The van der Waals surface area contributed by atoms with Crippen molar-refractivity contribution >= 4 is 5.71 Å². The number of rotatable bonds is 2. The second-order valence-electron chi connectivity index (χ2n) is 2.77. The molecule has 1 aliphatic rings. The Morgan fingerprint density at radius 2 is 2.14 bits per heavy atom. The van der Waals surface area contributed by atoms with Gasteiger partial charge in [0.2, 0.25) is 5.71 Å². The van der Waals surface area contributed by atoms with Gasteiger partial charge in [-0.15, -0.1) is 0 Å². The van der Waals surface area contributed by atoms with Crippen molar-refractivity contribution in [2.24, 2.45) is 4.99 Å². The Balaban J connectivity index is 2.98. The van der Waals surface area contributed by atoms with Crippen LogP contribution in [-0.4, -0.2) is 16.8 Å². The molecule has 4 nitrogen and oxygen atoms in total. The van der Waals surface area contributed by atoms with E-state index < -0.39 is 29.1 Å². The molecule has 0 N–H and O–H groups in total. The van der Waals surface area contributed by atoms with Crippen LogP contribution in [0.4, 0.5) is 13.2 Å². The van der Waals surface area contributed by atoms with E-state index in [-0.39, 0.29) is 12.0 Å². The maximum absolute atomic E-state index is 12.1. The van der Waals surface area contributed by atoms with Crippen molar-refractivity contribution in [3.8, 4) is 0 Å². The van der Waals surface area contributed by atoms with Crippen LogP contribution in [0.25, 0.3) is 0 Å². The Hall–Kier alpha value is -1.40. The molecule has 14 heavy (non-hydrogen) atoms. The fraction of sp³-hybridized carbons (Fsp3) is 0.571. The van der Waals surface area contributed by atoms with E-state index in [1.54, 1.807) is 6.92 Å². The first-order valence-electron chi connectivity index (χ1n) is 3.87. The molecule has 1 rings (SSSR count). The van der Waals surface area contributed by atoms with Crippen LogP contribution in [0.3, 0.4) is 0 Å². The van der Waals surface area contributed by atoms with Crippen LogP contribution in [-0.2, 0) is 0 Å². The minimum atomic E-state index is -4.57. The third-order valence-electron chi connectivity index (χ3n) is 1.86. The highest BCUT2D eigenvalue weighted by molar-refractivity contribution is 5.94. The lowest BCUT2D eigenvalue weighted by Gasteiger charge is -2.00. The molecule has 1 heterocycles. The zero-order valence-electron chi connectivity index (χ0n) is 7.26. The fourth-order valence-electron chi connectivity index (χ4n) is 1.14. The van der Waals surface area contributed by atoms with E-state index in [2.05, 4.69) is 4.99 Å². The molecule has 0 aromatic rings. The normalized spacial score (nSPS) is 17.3. The zero-order valence-corrected chi connectivity index (χ0v) is 7.26. The molecule has 0 bridgehead atoms. The Kier molecular flexibility index (Phi) is 2.59. The van der Waals surface area contributed by atoms with E-state index in [0.29, 0.717) is 0 Å². The van der Waals surface area contributed by atoms with Crippen LogP contribution in [0.1, 0.15) is 19.8 Å². The molecule has 78 valence electrons. The molecular formula is C7H7F3N2O2. The summed E-state index contributed by atoms with van der Waals surface area (Å²) in [6, 6.07) is 0. The molecule has 0 radical (unpaired) electrons. The van der Waals surface area contributed by atoms with Gasteiger partial charge < -0.3 is 10.1 Å². The second kappa shape index (κ2) is 3.39. The molecule has 0 atom stereocenters. The quantitative estimate of drug-likeness (QED) is 0.516. The van der Waals surface area contributed by atoms with Gasteiger partial charge in [-0.2, -0.15) is 13.2 Å². The van der Waals surface area contributed by atoms with Crippen molar-refractivity contribution in [3.63, 3.8) is 0 Å². The summed E-state index contributed by atoms with van der Waals surface area (Å²) in [5.41, 5.74) is -0.955. The number of hydrogen-bond acceptors (Lipinski definition) is 3. The monoisotopic (exact) mass is 208 g/mol. The molecule has 1 aliphatic heterocycles. The average Bonchev–Trinajstić information content (AvgIpc) is 2.45. The van der Waals surface area contributed by atoms with Crippen molar-refractivity contribution in [1.29, 1.82) is 0 Å². The molecule has 0 spiro atoms. The topological polar surface area (TPSA) is 55.5 Å². The summed E-state index contributed by atoms with van der Waals surface area (Å²) in [4.78, 5) is 12.4. The van der Waals surface area contributed by atoms with E-state index in [1.165, 1.54) is 0 Å². The summed E-state index contributed by atoms with van der Waals surface area (Å²) in [7, 11) is 0. The van der Waals surface area contributed by atoms with Gasteiger partial charge in [-0.3, -0.25) is 0 Å². The first-order valence-corrected chi connectivity index (χ1v) is 3.87. The van der Waals surface area contributed by atoms with Gasteiger partial charge in [-0.25, -0.2) is 0 Å². The van der Waals surface area contributed by atoms with Crippen molar-refractivity contribution < 1.29 is 18.1 Å². The molecule has 0 aliphatic carbocycles. The highest BCUT2D eigenvalue weighted by Gasteiger charge is 2.45. The summed E-state index contributed by atoms with van der Waals surface area (Å²) in [6.45, 7) is 1.56. The molecule has 0 amide bonds. The van der Waals surface area contributed by atoms with E-state index in [1.807, 2.05) is 0 Å². The van der Waals surface area contributed by atoms with Gasteiger partial charge in [-0.05, 0) is 16.3 Å². The first-order chi connectivity index (χ1) is 6.36. The van der Waals surface area contributed by atoms with Crippen molar-refractivity contribution in [2.45, 2.75) is 25.9 Å². The molecule has 0 saturated heterocycles. The second-order valence-corrected chi connectivity index (χ2v) is 2.77. The lowest BCUT2D eigenvalue weighted by molar-refractivity contribution is -0.426. The third kappa shape index (κ3) is 1.91. The minimum absolute atomic E-state index is 0.127. The number of aliphatic imine (C=N–C) groups is 1. The lowest BCUT2D eigenvalue weighted by Crippen LogP contribution is -2.21. The van der Waals surface area contributed by atoms with Gasteiger partial charge in [0.15, 0.2) is 0 Å². The summed E-state index contributed by atoms with van der Waals surface area (Å²) in [5, 5.41) is 10.3. The molecule has 0 aromatic carbocycles. The average molecular weight is 208 g/mol. The third-order valence-corrected chi connectivity index (χ3v) is 1.86. The van der Waals surface area contributed by atoms with Crippen LogP contribution in [0.5, 0.6) is 0 Å². The number of allylic oxidation sites excluding steroid dienone is 1. The number of nitrogens with zero attached hydrogens (tertiary/aromatic N) is 2. The lowest BCUT2D eigenvalue weighted by atomic mass is 10.1. The summed E-state index contributed by atoms with van der Waals surface area (Å²) < 4.78 is 36.4. The summed E-state index contributed by atoms with van der Waals surface area (Å²) in [6.07, 6.45) is -4.83. The molecule has 7 heteroatoms. The van der Waals surface area contributed by atoms with Gasteiger partial charge >= 0.3 is 12.0 Å². The maximum Gasteiger partial charge on any atom is 0.454 e. The molecule has 0 aromatic heterocycles. The maximum atomic E-state index is 12.1. The first kappa shape index (κ1) is 10.7. The van der Waals surface area contributed by atoms with Crippen molar-refractivity contribution in [3.05, 3.63) is 21.5 Å². The highest BCUT2D eigenvalue weighted by atomic mass is 19.4. The Morgan fingerprint density at radius 3 is 2.43 bits per heavy atom. The Bertz CT molecular complexity index is 330. The van der Waals surface area contributed by atoms with Gasteiger partial charge in [0.05, 0.1) is 0 Å². The van der Waals surface area contributed by atoms with E-state index in [0.717, 1.165) is 0 Å². The number of alkyl halides is 3. The predicted octanol–water partition coefficient (Wildman–Crippen LogP) is 2.29. The number of halogens is 3. The van der Waals surface area contributed by atoms with Crippen molar-refractivity contribution in [1.82, 2.24) is 0 Å². The van der Waals surface area contributed by atoms with E-state index in [9.17, 15) is 23.3 Å². The molecule has 0 fully saturated rings. The van der Waals surface area contributed by atoms with Crippen LogP contribution < -0.4 is 0 Å².